The molecule has 5 nitrogen and oxygen atoms in total. The van der Waals surface area contributed by atoms with Crippen molar-refractivity contribution in [2.45, 2.75) is 40.2 Å². The van der Waals surface area contributed by atoms with Crippen LogP contribution in [0.3, 0.4) is 0 Å². The number of aromatic nitrogens is 3. The molecule has 7 heteroatoms. The summed E-state index contributed by atoms with van der Waals surface area (Å²) in [6.07, 6.45) is 5.36. The molecule has 0 N–H and O–H groups in total. The summed E-state index contributed by atoms with van der Waals surface area (Å²) in [6.45, 7) is 9.12. The van der Waals surface area contributed by atoms with Crippen molar-refractivity contribution in [2.75, 3.05) is 11.4 Å². The lowest BCUT2D eigenvalue weighted by atomic mass is 10.1. The molecule has 1 aromatic carbocycles. The number of benzene rings is 1. The van der Waals surface area contributed by atoms with Crippen molar-refractivity contribution in [2.24, 2.45) is 0 Å². The fraction of sp³-hybridized carbons (Fsp3) is 0.269. The van der Waals surface area contributed by atoms with Gasteiger partial charge in [-0.1, -0.05) is 66.9 Å². The molecule has 170 valence electrons. The van der Waals surface area contributed by atoms with Crippen LogP contribution in [0.4, 0.5) is 5.69 Å². The van der Waals surface area contributed by atoms with E-state index in [4.69, 9.17) is 27.9 Å². The Morgan fingerprint density at radius 2 is 1.88 bits per heavy atom. The molecule has 0 unspecified atom stereocenters. The van der Waals surface area contributed by atoms with Gasteiger partial charge in [0.25, 0.3) is 0 Å². The average molecular weight is 481 g/mol. The summed E-state index contributed by atoms with van der Waals surface area (Å²) < 4.78 is 6.03. The van der Waals surface area contributed by atoms with Gasteiger partial charge >= 0.3 is 0 Å². The van der Waals surface area contributed by atoms with Crippen molar-refractivity contribution in [3.63, 3.8) is 0 Å². The Balaban J connectivity index is 1.57. The summed E-state index contributed by atoms with van der Waals surface area (Å²) in [5.74, 6) is 1.68. The van der Waals surface area contributed by atoms with Crippen LogP contribution in [0.5, 0.6) is 0 Å². The van der Waals surface area contributed by atoms with Crippen LogP contribution in [0, 0.1) is 6.92 Å². The zero-order valence-corrected chi connectivity index (χ0v) is 20.7. The maximum absolute atomic E-state index is 6.64. The van der Waals surface area contributed by atoms with Gasteiger partial charge in [0.1, 0.15) is 18.2 Å². The predicted octanol–water partition coefficient (Wildman–Crippen LogP) is 7.01. The van der Waals surface area contributed by atoms with Crippen LogP contribution in [0.15, 0.2) is 71.4 Å². The first-order valence-corrected chi connectivity index (χ1v) is 11.6. The van der Waals surface area contributed by atoms with E-state index in [-0.39, 0.29) is 5.92 Å². The van der Waals surface area contributed by atoms with E-state index < -0.39 is 0 Å². The van der Waals surface area contributed by atoms with Crippen molar-refractivity contribution >= 4 is 28.9 Å². The van der Waals surface area contributed by atoms with E-state index in [1.165, 1.54) is 5.56 Å². The largest absolute Gasteiger partial charge is 0.488 e. The monoisotopic (exact) mass is 480 g/mol. The van der Waals surface area contributed by atoms with Crippen molar-refractivity contribution in [3.05, 3.63) is 93.3 Å². The molecule has 4 rings (SSSR count). The fourth-order valence-corrected chi connectivity index (χ4v) is 4.05. The third kappa shape index (κ3) is 5.37. The number of anilines is 1. The highest BCUT2D eigenvalue weighted by atomic mass is 35.5. The molecule has 1 aliphatic rings. The van der Waals surface area contributed by atoms with Crippen molar-refractivity contribution in [1.82, 2.24) is 15.0 Å². The Morgan fingerprint density at radius 3 is 2.64 bits per heavy atom. The summed E-state index contributed by atoms with van der Waals surface area (Å²) in [5.41, 5.74) is 5.58. The van der Waals surface area contributed by atoms with E-state index >= 15 is 0 Å². The highest BCUT2D eigenvalue weighted by Gasteiger charge is 2.22. The highest BCUT2D eigenvalue weighted by molar-refractivity contribution is 6.33. The SMILES string of the molecule is CC1=CC(OCc2cccc(C)c2)=C(Cl)CN1c1cc(-c2ccnc(C(C)C)n2)ncc1Cl. The molecule has 3 aromatic rings. The van der Waals surface area contributed by atoms with Crippen LogP contribution < -0.4 is 4.90 Å². The fourth-order valence-electron chi connectivity index (χ4n) is 3.62. The topological polar surface area (TPSA) is 51.1 Å². The Labute approximate surface area is 204 Å². The third-order valence-electron chi connectivity index (χ3n) is 5.39. The number of ether oxygens (including phenoxy) is 1. The zero-order chi connectivity index (χ0) is 23.5. The van der Waals surface area contributed by atoms with E-state index in [0.717, 1.165) is 34.2 Å². The molecule has 0 atom stereocenters. The average Bonchev–Trinajstić information content (AvgIpc) is 2.80. The van der Waals surface area contributed by atoms with Gasteiger partial charge in [0.2, 0.25) is 0 Å². The molecular weight excluding hydrogens is 455 g/mol. The van der Waals surface area contributed by atoms with E-state index in [2.05, 4.69) is 52.8 Å². The number of rotatable bonds is 6. The second kappa shape index (κ2) is 9.94. The van der Waals surface area contributed by atoms with E-state index in [0.29, 0.717) is 29.0 Å². The Bertz CT molecular complexity index is 1240. The van der Waals surface area contributed by atoms with Gasteiger partial charge in [0.05, 0.1) is 33.7 Å². The predicted molar refractivity (Wildman–Crippen MR) is 134 cm³/mol. The Morgan fingerprint density at radius 1 is 1.06 bits per heavy atom. The van der Waals surface area contributed by atoms with Gasteiger partial charge < -0.3 is 9.64 Å². The highest BCUT2D eigenvalue weighted by Crippen LogP contribution is 2.35. The molecule has 0 radical (unpaired) electrons. The second-order valence-corrected chi connectivity index (χ2v) is 9.26. The van der Waals surface area contributed by atoms with Gasteiger partial charge in [-0.3, -0.25) is 4.98 Å². The van der Waals surface area contributed by atoms with Crippen LogP contribution in [0.2, 0.25) is 5.02 Å². The van der Waals surface area contributed by atoms with E-state index in [1.54, 1.807) is 12.4 Å². The minimum absolute atomic E-state index is 0.228. The number of halogens is 2. The molecule has 3 heterocycles. The molecule has 0 spiro atoms. The van der Waals surface area contributed by atoms with Crippen LogP contribution in [-0.4, -0.2) is 21.5 Å². The van der Waals surface area contributed by atoms with Crippen LogP contribution in [0.25, 0.3) is 11.4 Å². The quantitative estimate of drug-likeness (QED) is 0.379. The summed E-state index contributed by atoms with van der Waals surface area (Å²) in [4.78, 5) is 15.6. The molecule has 0 bridgehead atoms. The summed E-state index contributed by atoms with van der Waals surface area (Å²) in [7, 11) is 0. The molecular formula is C26H26Cl2N4O. The first-order valence-electron chi connectivity index (χ1n) is 10.8. The summed E-state index contributed by atoms with van der Waals surface area (Å²) in [6, 6.07) is 12.0. The number of hydrogen-bond acceptors (Lipinski definition) is 5. The van der Waals surface area contributed by atoms with Gasteiger partial charge in [-0.2, -0.15) is 0 Å². The molecule has 33 heavy (non-hydrogen) atoms. The first kappa shape index (κ1) is 23.3. The molecule has 2 aromatic heterocycles. The number of hydrogen-bond donors (Lipinski definition) is 0. The van der Waals surface area contributed by atoms with E-state index in [9.17, 15) is 0 Å². The normalized spacial score (nSPS) is 14.0. The van der Waals surface area contributed by atoms with Crippen LogP contribution in [-0.2, 0) is 11.3 Å². The zero-order valence-electron chi connectivity index (χ0n) is 19.1. The van der Waals surface area contributed by atoms with E-state index in [1.807, 2.05) is 37.3 Å². The number of pyridine rings is 1. The maximum Gasteiger partial charge on any atom is 0.137 e. The van der Waals surface area contributed by atoms with Gasteiger partial charge in [-0.15, -0.1) is 0 Å². The van der Waals surface area contributed by atoms with Crippen molar-refractivity contribution in [3.8, 4) is 11.4 Å². The van der Waals surface area contributed by atoms with Crippen molar-refractivity contribution < 1.29 is 4.74 Å². The maximum atomic E-state index is 6.64. The molecule has 1 aliphatic heterocycles. The lowest BCUT2D eigenvalue weighted by Gasteiger charge is -2.30. The van der Waals surface area contributed by atoms with Crippen molar-refractivity contribution in [1.29, 1.82) is 0 Å². The third-order valence-corrected chi connectivity index (χ3v) is 5.98. The van der Waals surface area contributed by atoms with Crippen LogP contribution in [0.1, 0.15) is 43.6 Å². The molecule has 0 fully saturated rings. The Kier molecular flexibility index (Phi) is 7.01. The summed E-state index contributed by atoms with van der Waals surface area (Å²) in [5, 5.41) is 1.16. The lowest BCUT2D eigenvalue weighted by molar-refractivity contribution is 0.208. The molecule has 0 saturated carbocycles. The number of aryl methyl sites for hydroxylation is 1. The smallest absolute Gasteiger partial charge is 0.137 e. The van der Waals surface area contributed by atoms with Gasteiger partial charge in [-0.05, 0) is 31.5 Å². The molecule has 0 amide bonds. The standard InChI is InChI=1S/C26H26Cl2N4O/c1-16(2)26-29-9-8-22(31-26)23-12-24(20(27)13-30-23)32-14-21(28)25(11-18(32)4)33-15-19-7-5-6-17(3)10-19/h5-13,16H,14-15H2,1-4H3. The van der Waals surface area contributed by atoms with Gasteiger partial charge in [-0.25, -0.2) is 9.97 Å². The van der Waals surface area contributed by atoms with Crippen LogP contribution >= 0.6 is 23.2 Å². The minimum Gasteiger partial charge on any atom is -0.488 e. The minimum atomic E-state index is 0.228. The lowest BCUT2D eigenvalue weighted by Crippen LogP contribution is -2.27. The molecule has 0 saturated heterocycles. The number of nitrogens with zero attached hydrogens (tertiary/aromatic N) is 4. The van der Waals surface area contributed by atoms with Gasteiger partial charge in [0.15, 0.2) is 0 Å². The first-order chi connectivity index (χ1) is 15.8. The van der Waals surface area contributed by atoms with Gasteiger partial charge in [0, 0.05) is 30.1 Å². The Hall–Kier alpha value is -2.89. The second-order valence-electron chi connectivity index (χ2n) is 8.39. The summed E-state index contributed by atoms with van der Waals surface area (Å²) >= 11 is 13.2. The molecule has 0 aliphatic carbocycles. The number of allylic oxidation sites excluding steroid dienone is 2.